The van der Waals surface area contributed by atoms with Gasteiger partial charge in [-0.05, 0) is 29.7 Å². The molecule has 0 amide bonds. The van der Waals surface area contributed by atoms with Crippen LogP contribution in [0.5, 0.6) is 0 Å². The van der Waals surface area contributed by atoms with Gasteiger partial charge in [-0.3, -0.25) is 4.98 Å². The van der Waals surface area contributed by atoms with Crippen molar-refractivity contribution in [1.82, 2.24) is 4.98 Å². The molecular weight excluding hydrogens is 226 g/mol. The normalized spacial score (nSPS) is 14.9. The van der Waals surface area contributed by atoms with Crippen molar-refractivity contribution < 1.29 is 9.84 Å². The van der Waals surface area contributed by atoms with Crippen LogP contribution in [0.1, 0.15) is 19.4 Å². The molecule has 96 valence electrons. The summed E-state index contributed by atoms with van der Waals surface area (Å²) in [6.07, 6.45) is 1.77. The van der Waals surface area contributed by atoms with Crippen LogP contribution in [0.25, 0.3) is 10.9 Å². The van der Waals surface area contributed by atoms with E-state index in [1.165, 1.54) is 0 Å². The van der Waals surface area contributed by atoms with Crippen LogP contribution in [0.15, 0.2) is 36.5 Å². The lowest BCUT2D eigenvalue weighted by atomic mass is 9.83. The zero-order valence-electron chi connectivity index (χ0n) is 11.1. The van der Waals surface area contributed by atoms with Gasteiger partial charge in [-0.25, -0.2) is 0 Å². The second-order valence-corrected chi connectivity index (χ2v) is 4.92. The maximum Gasteiger partial charge on any atom is 0.115 e. The van der Waals surface area contributed by atoms with Crippen LogP contribution in [0.3, 0.4) is 0 Å². The van der Waals surface area contributed by atoms with Crippen molar-refractivity contribution in [2.75, 3.05) is 13.7 Å². The first-order valence-corrected chi connectivity index (χ1v) is 6.14. The van der Waals surface area contributed by atoms with Gasteiger partial charge in [0.05, 0.1) is 12.1 Å². The molecule has 0 aliphatic rings. The van der Waals surface area contributed by atoms with Gasteiger partial charge in [-0.2, -0.15) is 0 Å². The molecule has 1 atom stereocenters. The van der Waals surface area contributed by atoms with E-state index >= 15 is 0 Å². The molecular formula is C15H19NO2. The van der Waals surface area contributed by atoms with E-state index in [0.717, 1.165) is 16.5 Å². The number of pyridine rings is 1. The van der Waals surface area contributed by atoms with Gasteiger partial charge in [-0.15, -0.1) is 0 Å². The first kappa shape index (κ1) is 13.0. The molecule has 0 aliphatic heterocycles. The van der Waals surface area contributed by atoms with E-state index in [1.54, 1.807) is 13.3 Å². The lowest BCUT2D eigenvalue weighted by Crippen LogP contribution is -2.36. The largest absolute Gasteiger partial charge is 0.382 e. The minimum atomic E-state index is -0.960. The Hall–Kier alpha value is -1.45. The fourth-order valence-corrected chi connectivity index (χ4v) is 2.15. The first-order chi connectivity index (χ1) is 8.58. The highest BCUT2D eigenvalue weighted by Gasteiger charge is 2.33. The Morgan fingerprint density at radius 1 is 1.33 bits per heavy atom. The summed E-state index contributed by atoms with van der Waals surface area (Å²) in [5, 5.41) is 11.8. The van der Waals surface area contributed by atoms with Crippen molar-refractivity contribution in [3.63, 3.8) is 0 Å². The zero-order chi connectivity index (χ0) is 13.2. The molecule has 0 bridgehead atoms. The van der Waals surface area contributed by atoms with E-state index in [9.17, 15) is 5.11 Å². The summed E-state index contributed by atoms with van der Waals surface area (Å²) in [6, 6.07) is 9.75. The third-order valence-electron chi connectivity index (χ3n) is 3.42. The standard InChI is InChI=1S/C15H19NO2/c1-11(2)15(17,10-18-3)13-6-7-14-12(9-13)5-4-8-16-14/h4-9,11,17H,10H2,1-3H3. The summed E-state index contributed by atoms with van der Waals surface area (Å²) in [5.74, 6) is 0.0755. The van der Waals surface area contributed by atoms with E-state index in [2.05, 4.69) is 4.98 Å². The summed E-state index contributed by atoms with van der Waals surface area (Å²) in [4.78, 5) is 4.28. The summed E-state index contributed by atoms with van der Waals surface area (Å²) in [7, 11) is 1.61. The van der Waals surface area contributed by atoms with Crippen molar-refractivity contribution in [3.05, 3.63) is 42.1 Å². The van der Waals surface area contributed by atoms with Crippen LogP contribution < -0.4 is 0 Å². The Bertz CT molecular complexity index is 539. The van der Waals surface area contributed by atoms with Gasteiger partial charge in [0.1, 0.15) is 5.60 Å². The average Bonchev–Trinajstić information content (AvgIpc) is 2.38. The predicted molar refractivity (Wildman–Crippen MR) is 72.4 cm³/mol. The molecule has 1 unspecified atom stereocenters. The number of aliphatic hydroxyl groups is 1. The van der Waals surface area contributed by atoms with Crippen molar-refractivity contribution in [2.24, 2.45) is 5.92 Å². The van der Waals surface area contributed by atoms with Gasteiger partial charge in [0.25, 0.3) is 0 Å². The number of hydrogen-bond donors (Lipinski definition) is 1. The zero-order valence-corrected chi connectivity index (χ0v) is 11.1. The lowest BCUT2D eigenvalue weighted by Gasteiger charge is -2.32. The van der Waals surface area contributed by atoms with Gasteiger partial charge in [0, 0.05) is 18.7 Å². The molecule has 3 nitrogen and oxygen atoms in total. The summed E-state index contributed by atoms with van der Waals surface area (Å²) in [6.45, 7) is 4.27. The monoisotopic (exact) mass is 245 g/mol. The highest BCUT2D eigenvalue weighted by molar-refractivity contribution is 5.79. The number of ether oxygens (including phenoxy) is 1. The summed E-state index contributed by atoms with van der Waals surface area (Å²) < 4.78 is 5.17. The Kier molecular flexibility index (Phi) is 3.64. The molecule has 0 saturated carbocycles. The number of benzene rings is 1. The second-order valence-electron chi connectivity index (χ2n) is 4.92. The van der Waals surface area contributed by atoms with Gasteiger partial charge in [0.2, 0.25) is 0 Å². The summed E-state index contributed by atoms with van der Waals surface area (Å²) >= 11 is 0. The highest BCUT2D eigenvalue weighted by atomic mass is 16.5. The van der Waals surface area contributed by atoms with Gasteiger partial charge < -0.3 is 9.84 Å². The maximum absolute atomic E-state index is 10.8. The molecule has 1 N–H and O–H groups in total. The Balaban J connectivity index is 2.51. The van der Waals surface area contributed by atoms with Crippen LogP contribution >= 0.6 is 0 Å². The smallest absolute Gasteiger partial charge is 0.115 e. The number of aromatic nitrogens is 1. The van der Waals surface area contributed by atoms with E-state index in [1.807, 2.05) is 44.2 Å². The number of hydrogen-bond acceptors (Lipinski definition) is 3. The molecule has 0 radical (unpaired) electrons. The number of methoxy groups -OCH3 is 1. The minimum absolute atomic E-state index is 0.0755. The minimum Gasteiger partial charge on any atom is -0.382 e. The molecule has 0 fully saturated rings. The number of rotatable bonds is 4. The quantitative estimate of drug-likeness (QED) is 0.900. The Morgan fingerprint density at radius 3 is 2.78 bits per heavy atom. The molecule has 2 rings (SSSR count). The van der Waals surface area contributed by atoms with Gasteiger partial charge in [0.15, 0.2) is 0 Å². The summed E-state index contributed by atoms with van der Waals surface area (Å²) in [5.41, 5.74) is 0.850. The third kappa shape index (κ3) is 2.24. The van der Waals surface area contributed by atoms with Gasteiger partial charge >= 0.3 is 0 Å². The van der Waals surface area contributed by atoms with Crippen LogP contribution in [-0.4, -0.2) is 23.8 Å². The molecule has 2 aromatic rings. The fraction of sp³-hybridized carbons (Fsp3) is 0.400. The molecule has 0 saturated heterocycles. The molecule has 18 heavy (non-hydrogen) atoms. The number of fused-ring (bicyclic) bond motifs is 1. The molecule has 0 spiro atoms. The van der Waals surface area contributed by atoms with Crippen LogP contribution in [-0.2, 0) is 10.3 Å². The molecule has 1 aromatic carbocycles. The predicted octanol–water partition coefficient (Wildman–Crippen LogP) is 2.72. The van der Waals surface area contributed by atoms with Crippen molar-refractivity contribution >= 4 is 10.9 Å². The average molecular weight is 245 g/mol. The number of nitrogens with zero attached hydrogens (tertiary/aromatic N) is 1. The van der Waals surface area contributed by atoms with Crippen molar-refractivity contribution in [2.45, 2.75) is 19.4 Å². The van der Waals surface area contributed by atoms with Crippen LogP contribution in [0.2, 0.25) is 0 Å². The van der Waals surface area contributed by atoms with Crippen LogP contribution in [0.4, 0.5) is 0 Å². The lowest BCUT2D eigenvalue weighted by molar-refractivity contribution is -0.0699. The van der Waals surface area contributed by atoms with E-state index in [4.69, 9.17) is 4.74 Å². The molecule has 1 heterocycles. The Labute approximate surface area is 107 Å². The first-order valence-electron chi connectivity index (χ1n) is 6.14. The molecule has 3 heteroatoms. The van der Waals surface area contributed by atoms with Crippen LogP contribution in [0, 0.1) is 5.92 Å². The molecule has 1 aromatic heterocycles. The Morgan fingerprint density at radius 2 is 2.11 bits per heavy atom. The SMILES string of the molecule is COCC(O)(c1ccc2ncccc2c1)C(C)C. The van der Waals surface area contributed by atoms with Gasteiger partial charge in [-0.1, -0.05) is 26.0 Å². The fourth-order valence-electron chi connectivity index (χ4n) is 2.15. The second kappa shape index (κ2) is 5.04. The molecule has 0 aliphatic carbocycles. The van der Waals surface area contributed by atoms with Crippen molar-refractivity contribution in [1.29, 1.82) is 0 Å². The van der Waals surface area contributed by atoms with Crippen molar-refractivity contribution in [3.8, 4) is 0 Å². The topological polar surface area (TPSA) is 42.4 Å². The highest BCUT2D eigenvalue weighted by Crippen LogP contribution is 2.31. The van der Waals surface area contributed by atoms with E-state index in [0.29, 0.717) is 0 Å². The maximum atomic E-state index is 10.8. The van der Waals surface area contributed by atoms with E-state index < -0.39 is 5.60 Å². The third-order valence-corrected chi connectivity index (χ3v) is 3.42. The van der Waals surface area contributed by atoms with E-state index in [-0.39, 0.29) is 12.5 Å².